The number of nitrogens with one attached hydrogen (secondary N) is 1. The highest BCUT2D eigenvalue weighted by Gasteiger charge is 2.33. The summed E-state index contributed by atoms with van der Waals surface area (Å²) in [5.41, 5.74) is 0.564. The highest BCUT2D eigenvalue weighted by Crippen LogP contribution is 2.35. The largest absolute Gasteiger partial charge is 0.388 e. The van der Waals surface area contributed by atoms with Gasteiger partial charge in [-0.15, -0.1) is 11.3 Å². The minimum Gasteiger partial charge on any atom is -0.388 e. The maximum Gasteiger partial charge on any atom is 0.227 e. The molecule has 1 heterocycles. The second-order valence-electron chi connectivity index (χ2n) is 5.89. The van der Waals surface area contributed by atoms with E-state index in [1.807, 2.05) is 0 Å². The van der Waals surface area contributed by atoms with Crippen molar-refractivity contribution in [3.05, 3.63) is 21.9 Å². The van der Waals surface area contributed by atoms with Crippen molar-refractivity contribution < 1.29 is 9.90 Å². The standard InChI is InChI=1S/C15H21NO2S/c17-14(16-10-15(18)7-1-2-8-15)12-4-3-5-13-11(12)6-9-19-13/h6,9,12,18H,1-5,7-8,10H2,(H,16,17). The first-order valence-electron chi connectivity index (χ1n) is 7.24. The summed E-state index contributed by atoms with van der Waals surface area (Å²) in [7, 11) is 0. The van der Waals surface area contributed by atoms with Crippen molar-refractivity contribution in [2.45, 2.75) is 56.5 Å². The molecule has 0 bridgehead atoms. The minimum atomic E-state index is -0.651. The lowest BCUT2D eigenvalue weighted by Gasteiger charge is -2.26. The zero-order chi connectivity index (χ0) is 13.3. The van der Waals surface area contributed by atoms with Gasteiger partial charge in [0.1, 0.15) is 0 Å². The van der Waals surface area contributed by atoms with Gasteiger partial charge in [0.2, 0.25) is 5.91 Å². The van der Waals surface area contributed by atoms with Crippen LogP contribution in [-0.2, 0) is 11.2 Å². The summed E-state index contributed by atoms with van der Waals surface area (Å²) in [6.45, 7) is 0.418. The van der Waals surface area contributed by atoms with E-state index in [-0.39, 0.29) is 11.8 Å². The fraction of sp³-hybridized carbons (Fsp3) is 0.667. The van der Waals surface area contributed by atoms with Crippen LogP contribution in [0.4, 0.5) is 0 Å². The number of amides is 1. The summed E-state index contributed by atoms with van der Waals surface area (Å²) in [6, 6.07) is 2.09. The predicted molar refractivity (Wildman–Crippen MR) is 76.4 cm³/mol. The van der Waals surface area contributed by atoms with E-state index in [9.17, 15) is 9.90 Å². The summed E-state index contributed by atoms with van der Waals surface area (Å²) in [5, 5.41) is 15.3. The monoisotopic (exact) mass is 279 g/mol. The maximum absolute atomic E-state index is 12.3. The molecule has 0 radical (unpaired) electrons. The van der Waals surface area contributed by atoms with Gasteiger partial charge in [-0.25, -0.2) is 0 Å². The fourth-order valence-electron chi connectivity index (χ4n) is 3.34. The third-order valence-electron chi connectivity index (χ3n) is 4.49. The average Bonchev–Trinajstić information content (AvgIpc) is 3.04. The Bertz CT molecular complexity index is 462. The second-order valence-corrected chi connectivity index (χ2v) is 6.89. The van der Waals surface area contributed by atoms with Gasteiger partial charge in [0.25, 0.3) is 0 Å². The lowest BCUT2D eigenvalue weighted by atomic mass is 9.87. The Balaban J connectivity index is 1.62. The second kappa shape index (κ2) is 5.25. The average molecular weight is 279 g/mol. The smallest absolute Gasteiger partial charge is 0.227 e. The molecule has 2 aliphatic rings. The van der Waals surface area contributed by atoms with Crippen LogP contribution in [0.1, 0.15) is 54.9 Å². The van der Waals surface area contributed by atoms with E-state index in [4.69, 9.17) is 0 Å². The van der Waals surface area contributed by atoms with Crippen LogP contribution in [0.2, 0.25) is 0 Å². The molecule has 1 aromatic rings. The Hall–Kier alpha value is -0.870. The van der Waals surface area contributed by atoms with Crippen LogP contribution < -0.4 is 5.32 Å². The molecule has 3 nitrogen and oxygen atoms in total. The molecule has 19 heavy (non-hydrogen) atoms. The molecular formula is C15H21NO2S. The van der Waals surface area contributed by atoms with Gasteiger partial charge < -0.3 is 10.4 Å². The van der Waals surface area contributed by atoms with Crippen molar-refractivity contribution >= 4 is 17.2 Å². The van der Waals surface area contributed by atoms with Crippen LogP contribution in [0, 0.1) is 0 Å². The van der Waals surface area contributed by atoms with Crippen LogP contribution in [0.3, 0.4) is 0 Å². The number of carbonyl (C=O) groups is 1. The zero-order valence-corrected chi connectivity index (χ0v) is 12.0. The van der Waals surface area contributed by atoms with Gasteiger partial charge in [-0.05, 0) is 49.1 Å². The quantitative estimate of drug-likeness (QED) is 0.893. The molecule has 0 saturated heterocycles. The van der Waals surface area contributed by atoms with Crippen molar-refractivity contribution in [2.75, 3.05) is 6.54 Å². The Labute approximate surface area is 118 Å². The van der Waals surface area contributed by atoms with Crippen molar-refractivity contribution in [2.24, 2.45) is 0 Å². The molecule has 4 heteroatoms. The van der Waals surface area contributed by atoms with Gasteiger partial charge in [0.05, 0.1) is 11.5 Å². The number of thiophene rings is 1. The molecule has 1 aromatic heterocycles. The van der Waals surface area contributed by atoms with E-state index < -0.39 is 5.60 Å². The molecule has 3 rings (SSSR count). The van der Waals surface area contributed by atoms with Gasteiger partial charge in [-0.2, -0.15) is 0 Å². The summed E-state index contributed by atoms with van der Waals surface area (Å²) in [6.07, 6.45) is 6.93. The van der Waals surface area contributed by atoms with Crippen molar-refractivity contribution in [1.29, 1.82) is 0 Å². The van der Waals surface area contributed by atoms with Crippen LogP contribution in [0.5, 0.6) is 0 Å². The molecule has 2 aliphatic carbocycles. The van der Waals surface area contributed by atoms with E-state index in [0.717, 1.165) is 44.9 Å². The molecule has 2 N–H and O–H groups in total. The fourth-order valence-corrected chi connectivity index (χ4v) is 4.33. The van der Waals surface area contributed by atoms with E-state index >= 15 is 0 Å². The first-order valence-corrected chi connectivity index (χ1v) is 8.12. The predicted octanol–water partition coefficient (Wildman–Crippen LogP) is 2.59. The molecule has 0 aromatic carbocycles. The molecule has 104 valence electrons. The third kappa shape index (κ3) is 2.70. The Morgan fingerprint density at radius 3 is 3.00 bits per heavy atom. The minimum absolute atomic E-state index is 0.00000283. The zero-order valence-electron chi connectivity index (χ0n) is 11.2. The number of aryl methyl sites for hydroxylation is 1. The lowest BCUT2D eigenvalue weighted by molar-refractivity contribution is -0.124. The Morgan fingerprint density at radius 2 is 2.21 bits per heavy atom. The van der Waals surface area contributed by atoms with Gasteiger partial charge in [-0.1, -0.05) is 12.8 Å². The Kier molecular flexibility index (Phi) is 3.63. The molecular weight excluding hydrogens is 258 g/mol. The molecule has 0 aliphatic heterocycles. The number of carbonyl (C=O) groups excluding carboxylic acids is 1. The first kappa shape index (κ1) is 13.1. The van der Waals surface area contributed by atoms with Crippen molar-refractivity contribution in [1.82, 2.24) is 5.32 Å². The number of hydrogen-bond donors (Lipinski definition) is 2. The van der Waals surface area contributed by atoms with Gasteiger partial charge in [0.15, 0.2) is 0 Å². The first-order chi connectivity index (χ1) is 9.18. The summed E-state index contributed by atoms with van der Waals surface area (Å²) < 4.78 is 0. The SMILES string of the molecule is O=C(NCC1(O)CCCC1)C1CCCc2sccc21. The molecule has 0 spiro atoms. The summed E-state index contributed by atoms with van der Waals surface area (Å²) >= 11 is 1.76. The Morgan fingerprint density at radius 1 is 1.42 bits per heavy atom. The maximum atomic E-state index is 12.3. The van der Waals surface area contributed by atoms with E-state index in [0.29, 0.717) is 6.54 Å². The molecule has 1 amide bonds. The lowest BCUT2D eigenvalue weighted by Crippen LogP contribution is -2.42. The number of fused-ring (bicyclic) bond motifs is 1. The van der Waals surface area contributed by atoms with Crippen LogP contribution >= 0.6 is 11.3 Å². The molecule has 1 fully saturated rings. The summed E-state index contributed by atoms with van der Waals surface area (Å²) in [5.74, 6) is 0.0969. The normalized spacial score (nSPS) is 25.0. The third-order valence-corrected chi connectivity index (χ3v) is 5.49. The number of rotatable bonds is 3. The highest BCUT2D eigenvalue weighted by molar-refractivity contribution is 7.10. The van der Waals surface area contributed by atoms with E-state index in [1.165, 1.54) is 10.4 Å². The van der Waals surface area contributed by atoms with E-state index in [1.54, 1.807) is 11.3 Å². The molecule has 1 saturated carbocycles. The number of hydrogen-bond acceptors (Lipinski definition) is 3. The molecule has 1 unspecified atom stereocenters. The van der Waals surface area contributed by atoms with Crippen LogP contribution in [0.25, 0.3) is 0 Å². The highest BCUT2D eigenvalue weighted by atomic mass is 32.1. The van der Waals surface area contributed by atoms with Crippen LogP contribution in [0.15, 0.2) is 11.4 Å². The van der Waals surface area contributed by atoms with Crippen molar-refractivity contribution in [3.8, 4) is 0 Å². The van der Waals surface area contributed by atoms with Gasteiger partial charge in [-0.3, -0.25) is 4.79 Å². The van der Waals surface area contributed by atoms with Gasteiger partial charge >= 0.3 is 0 Å². The number of aliphatic hydroxyl groups is 1. The van der Waals surface area contributed by atoms with Crippen molar-refractivity contribution in [3.63, 3.8) is 0 Å². The van der Waals surface area contributed by atoms with E-state index in [2.05, 4.69) is 16.8 Å². The van der Waals surface area contributed by atoms with Crippen LogP contribution in [-0.4, -0.2) is 23.2 Å². The molecule has 1 atom stereocenters. The van der Waals surface area contributed by atoms with Gasteiger partial charge in [0, 0.05) is 11.4 Å². The summed E-state index contributed by atoms with van der Waals surface area (Å²) in [4.78, 5) is 13.7. The topological polar surface area (TPSA) is 49.3 Å².